The summed E-state index contributed by atoms with van der Waals surface area (Å²) in [6, 6.07) is 14.3. The molecule has 180 valence electrons. The average Bonchev–Trinajstić information content (AvgIpc) is 3.44. The van der Waals surface area contributed by atoms with Crippen LogP contribution in [0.2, 0.25) is 0 Å². The monoisotopic (exact) mass is 479 g/mol. The summed E-state index contributed by atoms with van der Waals surface area (Å²) in [6.07, 6.45) is 2.59. The lowest BCUT2D eigenvalue weighted by Gasteiger charge is -2.18. The maximum Gasteiger partial charge on any atom is 0.439 e. The minimum absolute atomic E-state index is 0.398. The van der Waals surface area contributed by atoms with Gasteiger partial charge in [-0.2, -0.15) is 0 Å². The Labute approximate surface area is 207 Å². The lowest BCUT2D eigenvalue weighted by molar-refractivity contribution is 0.307. The van der Waals surface area contributed by atoms with Gasteiger partial charge in [0.25, 0.3) is 0 Å². The summed E-state index contributed by atoms with van der Waals surface area (Å²) in [5.41, 5.74) is 9.59. The standard InChI is InChI=1S/C28H25N5O3/c1-5-22-30-25-15(2)10-11-29-27(25)33(22)19-12-16(3)23-21(13-19)35-14-18-8-6-7-9-20(18)24(23)17(4)26-31-28(34)36-32-26/h6-13H,5,14H2,1-4H3,(H,31,32,34)/b24-17+. The third-order valence-electron chi connectivity index (χ3n) is 6.77. The van der Waals surface area contributed by atoms with Crippen molar-refractivity contribution in [3.63, 3.8) is 0 Å². The Morgan fingerprint density at radius 2 is 1.97 bits per heavy atom. The zero-order valence-corrected chi connectivity index (χ0v) is 20.5. The molecular formula is C28H25N5O3. The Balaban J connectivity index is 1.64. The minimum Gasteiger partial charge on any atom is -0.488 e. The molecule has 0 saturated carbocycles. The second-order valence-electron chi connectivity index (χ2n) is 9.04. The molecule has 8 nitrogen and oxygen atoms in total. The number of pyridine rings is 1. The zero-order valence-electron chi connectivity index (χ0n) is 20.5. The highest BCUT2D eigenvalue weighted by molar-refractivity contribution is 6.00. The Morgan fingerprint density at radius 1 is 1.14 bits per heavy atom. The number of fused-ring (bicyclic) bond motifs is 3. The van der Waals surface area contributed by atoms with Gasteiger partial charge in [0, 0.05) is 29.8 Å². The molecule has 3 aromatic heterocycles. The van der Waals surface area contributed by atoms with Gasteiger partial charge in [0.15, 0.2) is 11.5 Å². The van der Waals surface area contributed by atoms with Crippen LogP contribution < -0.4 is 10.5 Å². The maximum absolute atomic E-state index is 11.7. The van der Waals surface area contributed by atoms with E-state index < -0.39 is 5.76 Å². The van der Waals surface area contributed by atoms with Crippen LogP contribution in [0.5, 0.6) is 5.75 Å². The Hall–Kier alpha value is -4.46. The highest BCUT2D eigenvalue weighted by atomic mass is 16.5. The Morgan fingerprint density at radius 3 is 2.75 bits per heavy atom. The number of nitrogens with zero attached hydrogens (tertiary/aromatic N) is 4. The van der Waals surface area contributed by atoms with Crippen molar-refractivity contribution in [1.29, 1.82) is 0 Å². The van der Waals surface area contributed by atoms with E-state index in [9.17, 15) is 4.79 Å². The number of ether oxygens (including phenoxy) is 1. The molecule has 8 heteroatoms. The van der Waals surface area contributed by atoms with Gasteiger partial charge in [0.05, 0.1) is 5.69 Å². The Bertz CT molecular complexity index is 1740. The lowest BCUT2D eigenvalue weighted by Crippen LogP contribution is -2.05. The SMILES string of the molecule is CCc1nc2c(C)ccnc2n1-c1cc(C)c2c(c1)OCc1ccccc1/C2=C(/C)c1noc(=O)[nH]1. The molecule has 0 amide bonds. The molecule has 0 fully saturated rings. The number of H-pyrrole nitrogens is 1. The van der Waals surface area contributed by atoms with Gasteiger partial charge < -0.3 is 4.74 Å². The topological polar surface area (TPSA) is 98.8 Å². The molecule has 1 N–H and O–H groups in total. The van der Waals surface area contributed by atoms with Crippen molar-refractivity contribution < 1.29 is 9.26 Å². The Kier molecular flexibility index (Phi) is 5.10. The van der Waals surface area contributed by atoms with Gasteiger partial charge in [-0.25, -0.2) is 14.8 Å². The smallest absolute Gasteiger partial charge is 0.439 e. The molecule has 2 aromatic carbocycles. The number of aromatic nitrogens is 5. The van der Waals surface area contributed by atoms with E-state index in [1.807, 2.05) is 31.3 Å². The number of allylic oxidation sites excluding steroid dienone is 1. The summed E-state index contributed by atoms with van der Waals surface area (Å²) >= 11 is 0. The quantitative estimate of drug-likeness (QED) is 0.384. The van der Waals surface area contributed by atoms with E-state index >= 15 is 0 Å². The van der Waals surface area contributed by atoms with E-state index in [1.165, 1.54) is 0 Å². The highest BCUT2D eigenvalue weighted by Crippen LogP contribution is 2.43. The summed E-state index contributed by atoms with van der Waals surface area (Å²) in [7, 11) is 0. The molecule has 0 bridgehead atoms. The van der Waals surface area contributed by atoms with Crippen molar-refractivity contribution in [3.8, 4) is 11.4 Å². The van der Waals surface area contributed by atoms with Crippen LogP contribution in [-0.4, -0.2) is 24.7 Å². The zero-order chi connectivity index (χ0) is 25.0. The van der Waals surface area contributed by atoms with Gasteiger partial charge >= 0.3 is 5.76 Å². The molecule has 0 aliphatic carbocycles. The van der Waals surface area contributed by atoms with Crippen molar-refractivity contribution in [1.82, 2.24) is 24.7 Å². The molecule has 0 radical (unpaired) electrons. The van der Waals surface area contributed by atoms with Gasteiger partial charge in [-0.1, -0.05) is 36.3 Å². The molecule has 0 spiro atoms. The summed E-state index contributed by atoms with van der Waals surface area (Å²) in [5.74, 6) is 1.50. The molecular weight excluding hydrogens is 454 g/mol. The molecule has 4 heterocycles. The molecule has 0 saturated heterocycles. The second kappa shape index (κ2) is 8.34. The molecule has 36 heavy (non-hydrogen) atoms. The summed E-state index contributed by atoms with van der Waals surface area (Å²) in [4.78, 5) is 24.0. The third-order valence-corrected chi connectivity index (χ3v) is 6.77. The minimum atomic E-state index is -0.586. The number of hydrogen-bond donors (Lipinski definition) is 1. The van der Waals surface area contributed by atoms with Crippen LogP contribution in [-0.2, 0) is 13.0 Å². The number of hydrogen-bond acceptors (Lipinski definition) is 6. The molecule has 1 aliphatic heterocycles. The molecule has 5 aromatic rings. The highest BCUT2D eigenvalue weighted by Gasteiger charge is 2.26. The fourth-order valence-electron chi connectivity index (χ4n) is 5.03. The van der Waals surface area contributed by atoms with Crippen molar-refractivity contribution in [2.24, 2.45) is 0 Å². The van der Waals surface area contributed by atoms with E-state index in [-0.39, 0.29) is 0 Å². The third kappa shape index (κ3) is 3.37. The van der Waals surface area contributed by atoms with E-state index in [4.69, 9.17) is 14.2 Å². The predicted octanol–water partition coefficient (Wildman–Crippen LogP) is 5.15. The van der Waals surface area contributed by atoms with Gasteiger partial charge in [0.1, 0.15) is 23.7 Å². The van der Waals surface area contributed by atoms with Crippen LogP contribution in [0.25, 0.3) is 28.0 Å². The summed E-state index contributed by atoms with van der Waals surface area (Å²) in [6.45, 7) is 8.58. The predicted molar refractivity (Wildman–Crippen MR) is 137 cm³/mol. The molecule has 0 atom stereocenters. The number of benzene rings is 2. The van der Waals surface area contributed by atoms with Crippen LogP contribution in [0.3, 0.4) is 0 Å². The van der Waals surface area contributed by atoms with Crippen LogP contribution in [0, 0.1) is 13.8 Å². The van der Waals surface area contributed by atoms with Crippen molar-refractivity contribution in [3.05, 3.63) is 98.7 Å². The van der Waals surface area contributed by atoms with Crippen LogP contribution in [0.4, 0.5) is 0 Å². The summed E-state index contributed by atoms with van der Waals surface area (Å²) in [5, 5.41) is 3.96. The first-order chi connectivity index (χ1) is 17.5. The van der Waals surface area contributed by atoms with E-state index in [1.54, 1.807) is 0 Å². The fourth-order valence-corrected chi connectivity index (χ4v) is 5.03. The lowest BCUT2D eigenvalue weighted by atomic mass is 9.88. The van der Waals surface area contributed by atoms with E-state index in [2.05, 4.69) is 64.7 Å². The number of nitrogens with one attached hydrogen (secondary N) is 1. The van der Waals surface area contributed by atoms with Crippen LogP contribution >= 0.6 is 0 Å². The second-order valence-corrected chi connectivity index (χ2v) is 9.04. The molecule has 6 rings (SSSR count). The van der Waals surface area contributed by atoms with Crippen LogP contribution in [0.15, 0.2) is 58.0 Å². The largest absolute Gasteiger partial charge is 0.488 e. The van der Waals surface area contributed by atoms with Gasteiger partial charge in [-0.05, 0) is 60.7 Å². The first-order valence-electron chi connectivity index (χ1n) is 11.9. The van der Waals surface area contributed by atoms with Crippen molar-refractivity contribution >= 4 is 22.3 Å². The van der Waals surface area contributed by atoms with Crippen LogP contribution in [0.1, 0.15) is 53.3 Å². The summed E-state index contributed by atoms with van der Waals surface area (Å²) < 4.78 is 13.3. The van der Waals surface area contributed by atoms with E-state index in [0.717, 1.165) is 73.8 Å². The number of imidazole rings is 1. The van der Waals surface area contributed by atoms with Gasteiger partial charge in [0.2, 0.25) is 0 Å². The first-order valence-corrected chi connectivity index (χ1v) is 11.9. The fraction of sp³-hybridized carbons (Fsp3) is 0.214. The molecule has 0 unspecified atom stereocenters. The maximum atomic E-state index is 11.7. The first kappa shape index (κ1) is 22.0. The van der Waals surface area contributed by atoms with Crippen molar-refractivity contribution in [2.45, 2.75) is 40.7 Å². The number of rotatable bonds is 3. The van der Waals surface area contributed by atoms with Crippen molar-refractivity contribution in [2.75, 3.05) is 0 Å². The number of aromatic amines is 1. The average molecular weight is 480 g/mol. The van der Waals surface area contributed by atoms with Gasteiger partial charge in [-0.15, -0.1) is 0 Å². The van der Waals surface area contributed by atoms with E-state index in [0.29, 0.717) is 12.4 Å². The normalized spacial score (nSPS) is 14.2. The molecule has 1 aliphatic rings. The number of aryl methyl sites for hydroxylation is 3. The van der Waals surface area contributed by atoms with Gasteiger partial charge in [-0.3, -0.25) is 14.1 Å².